The van der Waals surface area contributed by atoms with E-state index in [1.54, 1.807) is 0 Å². The first-order chi connectivity index (χ1) is 26.0. The SMILES string of the molecule is CCCCC/C=C\C/C=C\CCCCCCCCOc1cc(CC(CN(C)C)C(=O)O)cc(OCCCCCCCC/C=C\C/C=C\CCCCC)n1. The van der Waals surface area contributed by atoms with Crippen LogP contribution in [0.2, 0.25) is 0 Å². The number of aliphatic carboxylic acids is 1. The number of carboxylic acids is 1. The van der Waals surface area contributed by atoms with Gasteiger partial charge in [-0.1, -0.05) is 140 Å². The summed E-state index contributed by atoms with van der Waals surface area (Å²) in [6.07, 6.45) is 47.9. The molecule has 6 heteroatoms. The Balaban J connectivity index is 2.35. The van der Waals surface area contributed by atoms with Crippen molar-refractivity contribution in [2.45, 2.75) is 174 Å². The summed E-state index contributed by atoms with van der Waals surface area (Å²) >= 11 is 0. The van der Waals surface area contributed by atoms with Gasteiger partial charge in [0.1, 0.15) is 0 Å². The lowest BCUT2D eigenvalue weighted by Gasteiger charge is -2.18. The van der Waals surface area contributed by atoms with E-state index in [0.29, 0.717) is 37.9 Å². The van der Waals surface area contributed by atoms with Gasteiger partial charge in [-0.25, -0.2) is 0 Å². The van der Waals surface area contributed by atoms with Crippen LogP contribution in [0.25, 0.3) is 0 Å². The van der Waals surface area contributed by atoms with E-state index < -0.39 is 11.9 Å². The Labute approximate surface area is 326 Å². The Bertz CT molecular complexity index is 1040. The fraction of sp³-hybridized carbons (Fsp3) is 0.702. The third-order valence-corrected chi connectivity index (χ3v) is 9.44. The summed E-state index contributed by atoms with van der Waals surface area (Å²) in [7, 11) is 3.82. The van der Waals surface area contributed by atoms with Gasteiger partial charge in [-0.15, -0.1) is 0 Å². The number of carbonyl (C=O) groups is 1. The van der Waals surface area contributed by atoms with Crippen molar-refractivity contribution in [1.82, 2.24) is 9.88 Å². The predicted molar refractivity (Wildman–Crippen MR) is 227 cm³/mol. The Morgan fingerprint density at radius 3 is 1.36 bits per heavy atom. The summed E-state index contributed by atoms with van der Waals surface area (Å²) < 4.78 is 12.2. The molecule has 1 N–H and O–H groups in total. The van der Waals surface area contributed by atoms with Crippen LogP contribution in [0, 0.1) is 5.92 Å². The summed E-state index contributed by atoms with van der Waals surface area (Å²) in [5, 5.41) is 9.84. The Morgan fingerprint density at radius 1 is 0.604 bits per heavy atom. The smallest absolute Gasteiger partial charge is 0.308 e. The third kappa shape index (κ3) is 31.2. The van der Waals surface area contributed by atoms with E-state index in [1.807, 2.05) is 31.1 Å². The molecule has 0 fully saturated rings. The van der Waals surface area contributed by atoms with Gasteiger partial charge in [-0.05, 0) is 103 Å². The minimum atomic E-state index is -0.789. The first-order valence-corrected chi connectivity index (χ1v) is 21.7. The normalized spacial score (nSPS) is 12.7. The minimum absolute atomic E-state index is 0.415. The molecule has 302 valence electrons. The van der Waals surface area contributed by atoms with E-state index >= 15 is 0 Å². The van der Waals surface area contributed by atoms with Gasteiger partial charge in [-0.2, -0.15) is 4.98 Å². The second kappa shape index (κ2) is 36.1. The van der Waals surface area contributed by atoms with E-state index in [2.05, 4.69) is 67.4 Å². The number of ether oxygens (including phenoxy) is 2. The van der Waals surface area contributed by atoms with Gasteiger partial charge in [-0.3, -0.25) is 4.79 Å². The second-order valence-corrected chi connectivity index (χ2v) is 15.0. The first kappa shape index (κ1) is 48.2. The zero-order valence-electron chi connectivity index (χ0n) is 34.7. The zero-order valence-corrected chi connectivity index (χ0v) is 34.7. The molecule has 0 aromatic carbocycles. The molecule has 0 aliphatic carbocycles. The first-order valence-electron chi connectivity index (χ1n) is 21.7. The van der Waals surface area contributed by atoms with Gasteiger partial charge >= 0.3 is 5.97 Å². The number of carboxylic acid groups (broad SMARTS) is 1. The molecule has 1 rings (SSSR count). The number of hydrogen-bond donors (Lipinski definition) is 1. The lowest BCUT2D eigenvalue weighted by molar-refractivity contribution is -0.142. The highest BCUT2D eigenvalue weighted by Gasteiger charge is 2.20. The maximum atomic E-state index is 12.0. The van der Waals surface area contributed by atoms with Crippen LogP contribution in [0.5, 0.6) is 11.8 Å². The van der Waals surface area contributed by atoms with Crippen LogP contribution in [0.1, 0.15) is 174 Å². The molecule has 1 atom stereocenters. The van der Waals surface area contributed by atoms with Crippen molar-refractivity contribution in [3.05, 3.63) is 66.3 Å². The van der Waals surface area contributed by atoms with Gasteiger partial charge in [0, 0.05) is 18.7 Å². The van der Waals surface area contributed by atoms with Crippen LogP contribution in [0.4, 0.5) is 0 Å². The van der Waals surface area contributed by atoms with Crippen LogP contribution in [-0.2, 0) is 11.2 Å². The fourth-order valence-electron chi connectivity index (χ4n) is 6.29. The quantitative estimate of drug-likeness (QED) is 0.0542. The molecule has 0 bridgehead atoms. The van der Waals surface area contributed by atoms with Crippen molar-refractivity contribution in [2.75, 3.05) is 33.9 Å². The summed E-state index contributed by atoms with van der Waals surface area (Å²) in [5.41, 5.74) is 0.897. The Kier molecular flexibility index (Phi) is 32.8. The molecule has 0 radical (unpaired) electrons. The molecule has 0 amide bonds. The molecule has 1 unspecified atom stereocenters. The molecule has 0 spiro atoms. The number of unbranched alkanes of at least 4 members (excludes halogenated alkanes) is 18. The number of hydrogen-bond acceptors (Lipinski definition) is 5. The summed E-state index contributed by atoms with van der Waals surface area (Å²) in [6.45, 7) is 6.19. The predicted octanol–water partition coefficient (Wildman–Crippen LogP) is 13.3. The van der Waals surface area contributed by atoms with Crippen molar-refractivity contribution in [1.29, 1.82) is 0 Å². The molecule has 1 aromatic heterocycles. The van der Waals surface area contributed by atoms with E-state index in [-0.39, 0.29) is 0 Å². The van der Waals surface area contributed by atoms with E-state index in [1.165, 1.54) is 116 Å². The number of nitrogens with zero attached hydrogens (tertiary/aromatic N) is 2. The molecule has 0 saturated heterocycles. The van der Waals surface area contributed by atoms with E-state index in [4.69, 9.17) is 9.47 Å². The minimum Gasteiger partial charge on any atom is -0.481 e. The van der Waals surface area contributed by atoms with Crippen molar-refractivity contribution in [3.63, 3.8) is 0 Å². The number of aromatic nitrogens is 1. The van der Waals surface area contributed by atoms with Crippen LogP contribution in [0.15, 0.2) is 60.7 Å². The average Bonchev–Trinajstić information content (AvgIpc) is 3.13. The molecule has 1 aromatic rings. The van der Waals surface area contributed by atoms with Gasteiger partial charge in [0.05, 0.1) is 19.1 Å². The maximum Gasteiger partial charge on any atom is 0.308 e. The second-order valence-electron chi connectivity index (χ2n) is 15.0. The molecular formula is C47H80N2O4. The van der Waals surface area contributed by atoms with Gasteiger partial charge in [0.25, 0.3) is 0 Å². The Hall–Kier alpha value is -2.86. The summed E-state index contributed by atoms with van der Waals surface area (Å²) in [5.74, 6) is -0.228. The monoisotopic (exact) mass is 737 g/mol. The lowest BCUT2D eigenvalue weighted by Crippen LogP contribution is -2.29. The summed E-state index contributed by atoms with van der Waals surface area (Å²) in [4.78, 5) is 18.6. The topological polar surface area (TPSA) is 71.9 Å². The number of allylic oxidation sites excluding steroid dienone is 8. The van der Waals surface area contributed by atoms with Gasteiger partial charge in [0.2, 0.25) is 11.8 Å². The van der Waals surface area contributed by atoms with Crippen LogP contribution < -0.4 is 9.47 Å². The molecule has 0 aliphatic rings. The van der Waals surface area contributed by atoms with Gasteiger partial charge in [0.15, 0.2) is 0 Å². The molecule has 6 nitrogen and oxygen atoms in total. The highest BCUT2D eigenvalue weighted by Crippen LogP contribution is 2.22. The van der Waals surface area contributed by atoms with E-state index in [0.717, 1.165) is 44.1 Å². The lowest BCUT2D eigenvalue weighted by atomic mass is 9.99. The molecule has 0 saturated carbocycles. The maximum absolute atomic E-state index is 12.0. The molecular weight excluding hydrogens is 657 g/mol. The van der Waals surface area contributed by atoms with Crippen molar-refractivity contribution in [3.8, 4) is 11.8 Å². The van der Waals surface area contributed by atoms with Crippen molar-refractivity contribution in [2.24, 2.45) is 5.92 Å². The Morgan fingerprint density at radius 2 is 0.981 bits per heavy atom. The highest BCUT2D eigenvalue weighted by molar-refractivity contribution is 5.70. The van der Waals surface area contributed by atoms with Crippen molar-refractivity contribution >= 4 is 5.97 Å². The van der Waals surface area contributed by atoms with Gasteiger partial charge < -0.3 is 19.5 Å². The molecule has 1 heterocycles. The van der Waals surface area contributed by atoms with Crippen molar-refractivity contribution < 1.29 is 19.4 Å². The standard InChI is InChI=1S/C47H80N2O4/c1-5-7-9-11-13-15-17-19-21-23-25-27-29-31-33-35-37-52-45-40-43(39-44(47(50)51)42-49(3)4)41-46(48-45)53-38-36-34-32-30-28-26-24-22-20-18-16-14-12-10-8-6-2/h13-16,19-22,40-41,44H,5-12,17-18,23-39,42H2,1-4H3,(H,50,51)/b15-13-,16-14-,21-19-,22-20-. The highest BCUT2D eigenvalue weighted by atomic mass is 16.5. The van der Waals surface area contributed by atoms with Crippen LogP contribution in [0.3, 0.4) is 0 Å². The fourth-order valence-corrected chi connectivity index (χ4v) is 6.29. The van der Waals surface area contributed by atoms with Crippen LogP contribution >= 0.6 is 0 Å². The average molecular weight is 737 g/mol. The third-order valence-electron chi connectivity index (χ3n) is 9.44. The molecule has 0 aliphatic heterocycles. The number of rotatable bonds is 37. The summed E-state index contributed by atoms with van der Waals surface area (Å²) in [6, 6.07) is 3.80. The number of pyridine rings is 1. The molecule has 53 heavy (non-hydrogen) atoms. The van der Waals surface area contributed by atoms with E-state index in [9.17, 15) is 9.90 Å². The largest absolute Gasteiger partial charge is 0.481 e. The zero-order chi connectivity index (χ0) is 38.5. The van der Waals surface area contributed by atoms with Crippen LogP contribution in [-0.4, -0.2) is 54.8 Å².